The molecule has 0 saturated heterocycles. The summed E-state index contributed by atoms with van der Waals surface area (Å²) >= 11 is 0. The van der Waals surface area contributed by atoms with Gasteiger partial charge < -0.3 is 5.73 Å². The van der Waals surface area contributed by atoms with Gasteiger partial charge in [0.1, 0.15) is 0 Å². The number of benzene rings is 1. The summed E-state index contributed by atoms with van der Waals surface area (Å²) < 4.78 is 73.8. The Kier molecular flexibility index (Phi) is 4.26. The Morgan fingerprint density at radius 3 is 2.06 bits per heavy atom. The molecule has 0 aliphatic carbocycles. The average Bonchev–Trinajstić information content (AvgIpc) is 2.24. The van der Waals surface area contributed by atoms with Gasteiger partial charge in [-0.05, 0) is 18.1 Å². The molecule has 0 heterocycles. The summed E-state index contributed by atoms with van der Waals surface area (Å²) in [5.41, 5.74) is 4.10. The van der Waals surface area contributed by atoms with Gasteiger partial charge >= 0.3 is 12.4 Å². The fourth-order valence-electron chi connectivity index (χ4n) is 1.55. The van der Waals surface area contributed by atoms with Crippen molar-refractivity contribution in [1.29, 1.82) is 0 Å². The predicted molar refractivity (Wildman–Crippen MR) is 53.7 cm³/mol. The molecule has 1 nitrogen and oxygen atoms in total. The first-order chi connectivity index (χ1) is 8.11. The normalized spacial score (nSPS) is 14.6. The molecule has 0 amide bonds. The van der Waals surface area contributed by atoms with Gasteiger partial charge in [0.2, 0.25) is 0 Å². The van der Waals surface area contributed by atoms with Crippen molar-refractivity contribution in [2.45, 2.75) is 31.2 Å². The zero-order valence-corrected chi connectivity index (χ0v) is 9.15. The summed E-state index contributed by atoms with van der Waals surface area (Å²) in [7, 11) is 0. The van der Waals surface area contributed by atoms with E-state index in [9.17, 15) is 26.3 Å². The molecular weight excluding hydrogens is 260 g/mol. The lowest BCUT2D eigenvalue weighted by atomic mass is 9.97. The Labute approximate surface area is 99.6 Å². The highest BCUT2D eigenvalue weighted by molar-refractivity contribution is 5.32. The Bertz CT molecular complexity index is 395. The SMILES string of the molecule is NC(CCC(F)(F)F)c1ccccc1C(F)(F)F. The number of nitrogens with two attached hydrogens (primary N) is 1. The molecule has 0 aromatic heterocycles. The van der Waals surface area contributed by atoms with Crippen LogP contribution in [0.4, 0.5) is 26.3 Å². The number of alkyl halides is 6. The fraction of sp³-hybridized carbons (Fsp3) is 0.455. The van der Waals surface area contributed by atoms with E-state index < -0.39 is 36.8 Å². The molecule has 1 unspecified atom stereocenters. The van der Waals surface area contributed by atoms with Crippen LogP contribution in [0.25, 0.3) is 0 Å². The second-order valence-corrected chi connectivity index (χ2v) is 3.85. The third kappa shape index (κ3) is 4.21. The average molecular weight is 271 g/mol. The molecule has 1 aromatic rings. The summed E-state index contributed by atoms with van der Waals surface area (Å²) in [6.07, 6.45) is -10.8. The first kappa shape index (κ1) is 14.8. The van der Waals surface area contributed by atoms with Gasteiger partial charge in [0, 0.05) is 12.5 Å². The van der Waals surface area contributed by atoms with E-state index in [-0.39, 0.29) is 5.56 Å². The molecule has 1 aromatic carbocycles. The van der Waals surface area contributed by atoms with Crippen LogP contribution < -0.4 is 5.73 Å². The van der Waals surface area contributed by atoms with E-state index in [0.29, 0.717) is 0 Å². The minimum atomic E-state index is -4.62. The molecule has 1 atom stereocenters. The van der Waals surface area contributed by atoms with E-state index in [1.165, 1.54) is 12.1 Å². The molecule has 0 saturated carbocycles. The Hall–Kier alpha value is -1.24. The number of halogens is 6. The van der Waals surface area contributed by atoms with Gasteiger partial charge in [-0.3, -0.25) is 0 Å². The fourth-order valence-corrected chi connectivity index (χ4v) is 1.55. The van der Waals surface area contributed by atoms with Crippen molar-refractivity contribution < 1.29 is 26.3 Å². The predicted octanol–water partition coefficient (Wildman–Crippen LogP) is 4.05. The van der Waals surface area contributed by atoms with E-state index in [1.54, 1.807) is 0 Å². The summed E-state index contributed by atoms with van der Waals surface area (Å²) in [5, 5.41) is 0. The third-order valence-corrected chi connectivity index (χ3v) is 2.40. The number of hydrogen-bond donors (Lipinski definition) is 1. The monoisotopic (exact) mass is 271 g/mol. The molecule has 7 heteroatoms. The molecule has 102 valence electrons. The first-order valence-corrected chi connectivity index (χ1v) is 5.10. The van der Waals surface area contributed by atoms with Crippen LogP contribution in [0.1, 0.15) is 30.0 Å². The van der Waals surface area contributed by atoms with Crippen LogP contribution in [0.2, 0.25) is 0 Å². The summed E-state index contributed by atoms with van der Waals surface area (Å²) in [5.74, 6) is 0. The van der Waals surface area contributed by atoms with Gasteiger partial charge in [0.05, 0.1) is 5.56 Å². The zero-order chi connectivity index (χ0) is 14.0. The summed E-state index contributed by atoms with van der Waals surface area (Å²) in [6.45, 7) is 0. The van der Waals surface area contributed by atoms with Crippen LogP contribution >= 0.6 is 0 Å². The van der Waals surface area contributed by atoms with Crippen LogP contribution in [0, 0.1) is 0 Å². The van der Waals surface area contributed by atoms with Crippen LogP contribution in [0.15, 0.2) is 24.3 Å². The molecule has 0 radical (unpaired) electrons. The van der Waals surface area contributed by atoms with E-state index >= 15 is 0 Å². The second kappa shape index (κ2) is 5.17. The van der Waals surface area contributed by atoms with Crippen LogP contribution in [0.3, 0.4) is 0 Å². The van der Waals surface area contributed by atoms with Crippen molar-refractivity contribution in [3.05, 3.63) is 35.4 Å². The molecule has 0 aliphatic rings. The Morgan fingerprint density at radius 1 is 1.00 bits per heavy atom. The summed E-state index contributed by atoms with van der Waals surface area (Å²) in [4.78, 5) is 0. The van der Waals surface area contributed by atoms with Crippen LogP contribution in [-0.4, -0.2) is 6.18 Å². The zero-order valence-electron chi connectivity index (χ0n) is 9.15. The van der Waals surface area contributed by atoms with Crippen molar-refractivity contribution in [2.24, 2.45) is 5.73 Å². The maximum atomic E-state index is 12.6. The van der Waals surface area contributed by atoms with E-state index in [2.05, 4.69) is 0 Å². The van der Waals surface area contributed by atoms with Crippen molar-refractivity contribution >= 4 is 0 Å². The number of rotatable bonds is 3. The molecule has 18 heavy (non-hydrogen) atoms. The molecule has 0 bridgehead atoms. The quantitative estimate of drug-likeness (QED) is 0.825. The topological polar surface area (TPSA) is 26.0 Å². The number of hydrogen-bond acceptors (Lipinski definition) is 1. The summed E-state index contributed by atoms with van der Waals surface area (Å²) in [6, 6.07) is 3.11. The highest BCUT2D eigenvalue weighted by atomic mass is 19.4. The second-order valence-electron chi connectivity index (χ2n) is 3.85. The molecule has 2 N–H and O–H groups in total. The van der Waals surface area contributed by atoms with Crippen molar-refractivity contribution in [3.63, 3.8) is 0 Å². The van der Waals surface area contributed by atoms with E-state index in [0.717, 1.165) is 12.1 Å². The van der Waals surface area contributed by atoms with E-state index in [4.69, 9.17) is 5.73 Å². The van der Waals surface area contributed by atoms with Gasteiger partial charge in [-0.25, -0.2) is 0 Å². The Balaban J connectivity index is 2.89. The minimum Gasteiger partial charge on any atom is -0.324 e. The van der Waals surface area contributed by atoms with Crippen LogP contribution in [0.5, 0.6) is 0 Å². The maximum Gasteiger partial charge on any atom is 0.416 e. The lowest BCUT2D eigenvalue weighted by molar-refractivity contribution is -0.139. The lowest BCUT2D eigenvalue weighted by Crippen LogP contribution is -2.19. The smallest absolute Gasteiger partial charge is 0.324 e. The van der Waals surface area contributed by atoms with Gasteiger partial charge in [-0.2, -0.15) is 26.3 Å². The highest BCUT2D eigenvalue weighted by Crippen LogP contribution is 2.36. The largest absolute Gasteiger partial charge is 0.416 e. The molecule has 0 spiro atoms. The van der Waals surface area contributed by atoms with Gasteiger partial charge in [0.15, 0.2) is 0 Å². The van der Waals surface area contributed by atoms with Crippen LogP contribution in [-0.2, 0) is 6.18 Å². The minimum absolute atomic E-state index is 0.311. The molecule has 0 fully saturated rings. The van der Waals surface area contributed by atoms with Gasteiger partial charge in [0.25, 0.3) is 0 Å². The van der Waals surface area contributed by atoms with E-state index in [1.807, 2.05) is 0 Å². The third-order valence-electron chi connectivity index (χ3n) is 2.40. The molecular formula is C11H11F6N. The molecule has 1 rings (SSSR count). The standard InChI is InChI=1S/C11H11F6N/c12-10(13,14)6-5-9(18)7-3-1-2-4-8(7)11(15,16)17/h1-4,9H,5-6,18H2. The van der Waals surface area contributed by atoms with Crippen molar-refractivity contribution in [2.75, 3.05) is 0 Å². The van der Waals surface area contributed by atoms with Gasteiger partial charge in [-0.1, -0.05) is 18.2 Å². The van der Waals surface area contributed by atoms with Gasteiger partial charge in [-0.15, -0.1) is 0 Å². The molecule has 0 aliphatic heterocycles. The lowest BCUT2D eigenvalue weighted by Gasteiger charge is -2.18. The maximum absolute atomic E-state index is 12.6. The van der Waals surface area contributed by atoms with Crippen molar-refractivity contribution in [3.8, 4) is 0 Å². The Morgan fingerprint density at radius 2 is 1.56 bits per heavy atom. The highest BCUT2D eigenvalue weighted by Gasteiger charge is 2.35. The first-order valence-electron chi connectivity index (χ1n) is 5.10. The van der Waals surface area contributed by atoms with Crippen molar-refractivity contribution in [1.82, 2.24) is 0 Å².